The summed E-state index contributed by atoms with van der Waals surface area (Å²) in [6, 6.07) is 9.17. The molecule has 2 unspecified atom stereocenters. The third-order valence-electron chi connectivity index (χ3n) is 3.65. The summed E-state index contributed by atoms with van der Waals surface area (Å²) in [7, 11) is 1.99. The highest BCUT2D eigenvalue weighted by Gasteiger charge is 2.32. The zero-order valence-corrected chi connectivity index (χ0v) is 11.6. The van der Waals surface area contributed by atoms with Gasteiger partial charge in [-0.2, -0.15) is 0 Å². The molecule has 1 saturated heterocycles. The molecular weight excluding hydrogens is 224 g/mol. The normalized spacial score (nSPS) is 25.3. The summed E-state index contributed by atoms with van der Waals surface area (Å²) in [5, 5.41) is 3.24. The molecule has 2 rings (SSSR count). The van der Waals surface area contributed by atoms with Crippen LogP contribution in [0.15, 0.2) is 24.3 Å². The Balaban J connectivity index is 2.27. The van der Waals surface area contributed by atoms with Crippen LogP contribution in [0.4, 0.5) is 0 Å². The Kier molecular flexibility index (Phi) is 4.75. The van der Waals surface area contributed by atoms with E-state index in [2.05, 4.69) is 48.3 Å². The molecule has 1 aliphatic heterocycles. The molecule has 0 aromatic heterocycles. The van der Waals surface area contributed by atoms with Gasteiger partial charge in [0.1, 0.15) is 0 Å². The van der Waals surface area contributed by atoms with Gasteiger partial charge in [0.15, 0.2) is 0 Å². The average Bonchev–Trinajstić information content (AvgIpc) is 2.38. The van der Waals surface area contributed by atoms with Gasteiger partial charge < -0.3 is 10.1 Å². The van der Waals surface area contributed by atoms with Crippen molar-refractivity contribution in [3.63, 3.8) is 0 Å². The van der Waals surface area contributed by atoms with Crippen LogP contribution in [0.3, 0.4) is 0 Å². The number of likely N-dealkylation sites (N-methyl/N-ethyl adjacent to an activating group) is 2. The summed E-state index contributed by atoms with van der Waals surface area (Å²) in [4.78, 5) is 2.51. The van der Waals surface area contributed by atoms with Crippen LogP contribution in [0.25, 0.3) is 0 Å². The molecule has 0 bridgehead atoms. The molecule has 1 fully saturated rings. The molecule has 0 spiro atoms. The maximum Gasteiger partial charge on any atom is 0.0896 e. The number of nitrogens with zero attached hydrogens (tertiary/aromatic N) is 1. The highest BCUT2D eigenvalue weighted by molar-refractivity contribution is 5.26. The number of hydrogen-bond donors (Lipinski definition) is 1. The lowest BCUT2D eigenvalue weighted by Gasteiger charge is -2.41. The number of rotatable bonds is 4. The van der Waals surface area contributed by atoms with Gasteiger partial charge in [0.2, 0.25) is 0 Å². The van der Waals surface area contributed by atoms with Crippen molar-refractivity contribution < 1.29 is 4.74 Å². The van der Waals surface area contributed by atoms with Crippen LogP contribution in [-0.2, 0) is 4.74 Å². The van der Waals surface area contributed by atoms with Crippen LogP contribution in [-0.4, -0.2) is 44.3 Å². The molecule has 1 heterocycles. The van der Waals surface area contributed by atoms with E-state index < -0.39 is 0 Å². The highest BCUT2D eigenvalue weighted by Crippen LogP contribution is 2.29. The smallest absolute Gasteiger partial charge is 0.0896 e. The standard InChI is InChI=1S/C15H24N2O/c1-4-17-8-9-18-14(11-16-3)15(17)13-7-5-6-12(2)10-13/h5-7,10,14-16H,4,8-9,11H2,1-3H3. The summed E-state index contributed by atoms with van der Waals surface area (Å²) < 4.78 is 5.95. The van der Waals surface area contributed by atoms with Crippen LogP contribution in [0.2, 0.25) is 0 Å². The Morgan fingerprint density at radius 1 is 1.44 bits per heavy atom. The number of ether oxygens (including phenoxy) is 1. The van der Waals surface area contributed by atoms with E-state index in [0.29, 0.717) is 6.04 Å². The first-order valence-corrected chi connectivity index (χ1v) is 6.83. The lowest BCUT2D eigenvalue weighted by Crippen LogP contribution is -2.48. The predicted molar refractivity (Wildman–Crippen MR) is 74.8 cm³/mol. The maximum absolute atomic E-state index is 5.95. The lowest BCUT2D eigenvalue weighted by molar-refractivity contribution is -0.0686. The van der Waals surface area contributed by atoms with Gasteiger partial charge in [-0.25, -0.2) is 0 Å². The summed E-state index contributed by atoms with van der Waals surface area (Å²) in [5.74, 6) is 0. The van der Waals surface area contributed by atoms with Gasteiger partial charge in [0, 0.05) is 13.1 Å². The summed E-state index contributed by atoms with van der Waals surface area (Å²) in [6.45, 7) is 8.20. The van der Waals surface area contributed by atoms with Gasteiger partial charge in [-0.05, 0) is 26.1 Å². The van der Waals surface area contributed by atoms with Crippen molar-refractivity contribution in [3.05, 3.63) is 35.4 Å². The second kappa shape index (κ2) is 6.32. The Hall–Kier alpha value is -0.900. The van der Waals surface area contributed by atoms with Gasteiger partial charge >= 0.3 is 0 Å². The van der Waals surface area contributed by atoms with Gasteiger partial charge in [-0.1, -0.05) is 36.8 Å². The fraction of sp³-hybridized carbons (Fsp3) is 0.600. The first-order chi connectivity index (χ1) is 8.76. The third kappa shape index (κ3) is 2.91. The molecule has 1 aliphatic rings. The van der Waals surface area contributed by atoms with E-state index in [-0.39, 0.29) is 6.10 Å². The molecule has 1 aromatic rings. The first-order valence-electron chi connectivity index (χ1n) is 6.83. The van der Waals surface area contributed by atoms with E-state index in [0.717, 1.165) is 26.2 Å². The van der Waals surface area contributed by atoms with Crippen molar-refractivity contribution in [2.45, 2.75) is 26.0 Å². The van der Waals surface area contributed by atoms with E-state index in [1.807, 2.05) is 7.05 Å². The summed E-state index contributed by atoms with van der Waals surface area (Å²) in [6.07, 6.45) is 0.241. The predicted octanol–water partition coefficient (Wildman–Crippen LogP) is 1.98. The molecule has 18 heavy (non-hydrogen) atoms. The average molecular weight is 248 g/mol. The number of aryl methyl sites for hydroxylation is 1. The van der Waals surface area contributed by atoms with E-state index in [1.54, 1.807) is 0 Å². The Morgan fingerprint density at radius 3 is 2.94 bits per heavy atom. The first kappa shape index (κ1) is 13.5. The molecule has 2 atom stereocenters. The van der Waals surface area contributed by atoms with Gasteiger partial charge in [-0.15, -0.1) is 0 Å². The Labute approximate surface area is 110 Å². The molecule has 3 nitrogen and oxygen atoms in total. The van der Waals surface area contributed by atoms with Gasteiger partial charge in [-0.3, -0.25) is 4.90 Å². The minimum absolute atomic E-state index is 0.241. The third-order valence-corrected chi connectivity index (χ3v) is 3.65. The number of hydrogen-bond acceptors (Lipinski definition) is 3. The second-order valence-corrected chi connectivity index (χ2v) is 4.95. The second-order valence-electron chi connectivity index (χ2n) is 4.95. The van der Waals surface area contributed by atoms with E-state index in [1.165, 1.54) is 11.1 Å². The molecule has 0 amide bonds. The quantitative estimate of drug-likeness (QED) is 0.882. The molecule has 0 saturated carbocycles. The van der Waals surface area contributed by atoms with Crippen molar-refractivity contribution in [3.8, 4) is 0 Å². The van der Waals surface area contributed by atoms with Crippen molar-refractivity contribution >= 4 is 0 Å². The molecule has 1 aromatic carbocycles. The maximum atomic E-state index is 5.95. The minimum Gasteiger partial charge on any atom is -0.374 e. The molecule has 100 valence electrons. The monoisotopic (exact) mass is 248 g/mol. The Bertz CT molecular complexity index is 379. The zero-order valence-electron chi connectivity index (χ0n) is 11.6. The summed E-state index contributed by atoms with van der Waals surface area (Å²) >= 11 is 0. The van der Waals surface area contributed by atoms with Crippen molar-refractivity contribution in [1.82, 2.24) is 10.2 Å². The fourth-order valence-corrected chi connectivity index (χ4v) is 2.79. The van der Waals surface area contributed by atoms with Crippen LogP contribution in [0.1, 0.15) is 24.1 Å². The lowest BCUT2D eigenvalue weighted by atomic mass is 9.96. The van der Waals surface area contributed by atoms with Crippen molar-refractivity contribution in [2.24, 2.45) is 0 Å². The largest absolute Gasteiger partial charge is 0.374 e. The SMILES string of the molecule is CCN1CCOC(CNC)C1c1cccc(C)c1. The number of nitrogens with one attached hydrogen (secondary N) is 1. The van der Waals surface area contributed by atoms with Crippen LogP contribution in [0.5, 0.6) is 0 Å². The van der Waals surface area contributed by atoms with Crippen LogP contribution < -0.4 is 5.32 Å². The van der Waals surface area contributed by atoms with Crippen molar-refractivity contribution in [1.29, 1.82) is 0 Å². The van der Waals surface area contributed by atoms with Gasteiger partial charge in [0.05, 0.1) is 18.8 Å². The molecular formula is C15H24N2O. The zero-order chi connectivity index (χ0) is 13.0. The van der Waals surface area contributed by atoms with E-state index in [9.17, 15) is 0 Å². The van der Waals surface area contributed by atoms with Crippen molar-refractivity contribution in [2.75, 3.05) is 33.3 Å². The minimum atomic E-state index is 0.241. The molecule has 0 radical (unpaired) electrons. The molecule has 3 heteroatoms. The Morgan fingerprint density at radius 2 is 2.28 bits per heavy atom. The van der Waals surface area contributed by atoms with E-state index in [4.69, 9.17) is 4.74 Å². The van der Waals surface area contributed by atoms with Crippen LogP contribution in [0, 0.1) is 6.92 Å². The number of benzene rings is 1. The van der Waals surface area contributed by atoms with Crippen LogP contribution >= 0.6 is 0 Å². The number of morpholine rings is 1. The van der Waals surface area contributed by atoms with Gasteiger partial charge in [0.25, 0.3) is 0 Å². The molecule has 0 aliphatic carbocycles. The highest BCUT2D eigenvalue weighted by atomic mass is 16.5. The van der Waals surface area contributed by atoms with E-state index >= 15 is 0 Å². The summed E-state index contributed by atoms with van der Waals surface area (Å²) in [5.41, 5.74) is 2.69. The molecule has 1 N–H and O–H groups in total. The fourth-order valence-electron chi connectivity index (χ4n) is 2.79. The topological polar surface area (TPSA) is 24.5 Å².